The third-order valence-electron chi connectivity index (χ3n) is 3.93. The van der Waals surface area contributed by atoms with Crippen molar-refractivity contribution in [2.45, 2.75) is 58.9 Å². The van der Waals surface area contributed by atoms with Crippen LogP contribution in [0.25, 0.3) is 11.5 Å². The van der Waals surface area contributed by atoms with E-state index in [1.165, 1.54) is 11.1 Å². The molecule has 0 unspecified atom stereocenters. The Labute approximate surface area is 148 Å². The second-order valence-electron chi connectivity index (χ2n) is 8.30. The molecule has 1 heterocycles. The summed E-state index contributed by atoms with van der Waals surface area (Å²) in [5, 5.41) is 19.5. The highest BCUT2D eigenvalue weighted by Gasteiger charge is 2.22. The number of benzene rings is 1. The van der Waals surface area contributed by atoms with E-state index in [2.05, 4.69) is 75.3 Å². The van der Waals surface area contributed by atoms with Crippen molar-refractivity contribution in [3.8, 4) is 11.5 Å². The van der Waals surface area contributed by atoms with E-state index in [4.69, 9.17) is 9.52 Å². The Hall–Kier alpha value is -2.21. The van der Waals surface area contributed by atoms with Crippen LogP contribution in [0.15, 0.2) is 22.6 Å². The Morgan fingerprint density at radius 3 is 2.08 bits per heavy atom. The van der Waals surface area contributed by atoms with Crippen molar-refractivity contribution in [3.05, 3.63) is 35.2 Å². The number of hydrogen-bond acceptors (Lipinski definition) is 5. The van der Waals surface area contributed by atoms with Crippen LogP contribution in [0.5, 0.6) is 0 Å². The third-order valence-corrected chi connectivity index (χ3v) is 3.93. The Morgan fingerprint density at radius 2 is 1.60 bits per heavy atom. The molecule has 0 atom stereocenters. The maximum Gasteiger partial charge on any atom is 0.317 e. The van der Waals surface area contributed by atoms with Gasteiger partial charge in [-0.25, -0.2) is 0 Å². The predicted molar refractivity (Wildman–Crippen MR) is 96.5 cm³/mol. The lowest BCUT2D eigenvalue weighted by Gasteiger charge is -2.25. The molecule has 1 aromatic heterocycles. The van der Waals surface area contributed by atoms with Crippen molar-refractivity contribution in [2.24, 2.45) is 0 Å². The van der Waals surface area contributed by atoms with Crippen LogP contribution >= 0.6 is 0 Å². The molecule has 0 amide bonds. The Morgan fingerprint density at radius 1 is 1.04 bits per heavy atom. The molecular formula is C19H27N3O3. The van der Waals surface area contributed by atoms with E-state index in [1.54, 1.807) is 0 Å². The van der Waals surface area contributed by atoms with Crippen LogP contribution in [0.2, 0.25) is 0 Å². The fraction of sp³-hybridized carbons (Fsp3) is 0.526. The predicted octanol–water partition coefficient (Wildman–Crippen LogP) is 3.51. The number of carboxylic acid groups (broad SMARTS) is 1. The number of aromatic nitrogens is 2. The van der Waals surface area contributed by atoms with Crippen LogP contribution in [0, 0.1) is 0 Å². The molecule has 1 aromatic carbocycles. The van der Waals surface area contributed by atoms with Crippen molar-refractivity contribution in [1.82, 2.24) is 15.5 Å². The molecule has 25 heavy (non-hydrogen) atoms. The first-order chi connectivity index (χ1) is 11.5. The standard InChI is InChI=1S/C19H27N3O3/c1-18(2,3)13-7-12(8-14(9-13)19(4,5)6)17-22-21-15(25-17)10-20-11-16(23)24/h7-9,20H,10-11H2,1-6H3,(H,23,24). The highest BCUT2D eigenvalue weighted by atomic mass is 16.4. The van der Waals surface area contributed by atoms with Gasteiger partial charge in [-0.1, -0.05) is 47.6 Å². The van der Waals surface area contributed by atoms with Crippen molar-refractivity contribution in [1.29, 1.82) is 0 Å². The lowest BCUT2D eigenvalue weighted by Crippen LogP contribution is -2.21. The minimum Gasteiger partial charge on any atom is -0.480 e. The molecule has 0 saturated carbocycles. The summed E-state index contributed by atoms with van der Waals surface area (Å²) in [4.78, 5) is 10.5. The zero-order chi connectivity index (χ0) is 18.8. The zero-order valence-electron chi connectivity index (χ0n) is 15.8. The minimum atomic E-state index is -0.924. The van der Waals surface area contributed by atoms with E-state index in [9.17, 15) is 4.79 Å². The molecule has 0 bridgehead atoms. The van der Waals surface area contributed by atoms with Gasteiger partial charge in [-0.2, -0.15) is 0 Å². The summed E-state index contributed by atoms with van der Waals surface area (Å²) in [5.41, 5.74) is 3.30. The van der Waals surface area contributed by atoms with Crippen LogP contribution in [-0.4, -0.2) is 27.8 Å². The van der Waals surface area contributed by atoms with Crippen LogP contribution in [-0.2, 0) is 22.2 Å². The molecule has 2 rings (SSSR count). The van der Waals surface area contributed by atoms with Gasteiger partial charge in [0.1, 0.15) is 0 Å². The van der Waals surface area contributed by atoms with Gasteiger partial charge in [0.2, 0.25) is 11.8 Å². The van der Waals surface area contributed by atoms with Gasteiger partial charge in [0.15, 0.2) is 0 Å². The van der Waals surface area contributed by atoms with Crippen molar-refractivity contribution >= 4 is 5.97 Å². The Bertz CT molecular complexity index is 720. The second-order valence-corrected chi connectivity index (χ2v) is 8.30. The maximum atomic E-state index is 10.5. The van der Waals surface area contributed by atoms with Crippen molar-refractivity contribution < 1.29 is 14.3 Å². The highest BCUT2D eigenvalue weighted by molar-refractivity contribution is 5.68. The largest absolute Gasteiger partial charge is 0.480 e. The van der Waals surface area contributed by atoms with Crippen molar-refractivity contribution in [2.75, 3.05) is 6.54 Å². The van der Waals surface area contributed by atoms with Crippen LogP contribution in [0.3, 0.4) is 0 Å². The first-order valence-electron chi connectivity index (χ1n) is 8.38. The summed E-state index contributed by atoms with van der Waals surface area (Å²) < 4.78 is 5.71. The number of nitrogens with zero attached hydrogens (tertiary/aromatic N) is 2. The number of aliphatic carboxylic acids is 1. The number of carboxylic acids is 1. The highest BCUT2D eigenvalue weighted by Crippen LogP contribution is 2.33. The number of rotatable bonds is 5. The smallest absolute Gasteiger partial charge is 0.317 e. The molecule has 0 saturated heterocycles. The van der Waals surface area contributed by atoms with E-state index in [0.717, 1.165) is 5.56 Å². The summed E-state index contributed by atoms with van der Waals surface area (Å²) in [6, 6.07) is 6.39. The molecule has 0 spiro atoms. The van der Waals surface area contributed by atoms with Crippen LogP contribution < -0.4 is 5.32 Å². The first kappa shape index (κ1) is 19.1. The molecule has 2 N–H and O–H groups in total. The number of nitrogens with one attached hydrogen (secondary N) is 1. The van der Waals surface area contributed by atoms with Gasteiger partial charge in [0.05, 0.1) is 13.1 Å². The lowest BCUT2D eigenvalue weighted by molar-refractivity contribution is -0.136. The quantitative estimate of drug-likeness (QED) is 0.862. The summed E-state index contributed by atoms with van der Waals surface area (Å²) >= 11 is 0. The first-order valence-corrected chi connectivity index (χ1v) is 8.38. The molecule has 6 nitrogen and oxygen atoms in total. The van der Waals surface area contributed by atoms with E-state index in [0.29, 0.717) is 11.8 Å². The lowest BCUT2D eigenvalue weighted by atomic mass is 9.79. The normalized spacial score (nSPS) is 12.4. The fourth-order valence-corrected chi connectivity index (χ4v) is 2.34. The van der Waals surface area contributed by atoms with Gasteiger partial charge in [0.25, 0.3) is 0 Å². The SMILES string of the molecule is CC(C)(C)c1cc(-c2nnc(CNCC(=O)O)o2)cc(C(C)(C)C)c1. The van der Waals surface area contributed by atoms with Crippen LogP contribution in [0.1, 0.15) is 58.6 Å². The molecule has 2 aromatic rings. The van der Waals surface area contributed by atoms with Gasteiger partial charge in [-0.3, -0.25) is 10.1 Å². The molecule has 0 aliphatic carbocycles. The summed E-state index contributed by atoms with van der Waals surface area (Å²) in [6.45, 7) is 13.1. The molecular weight excluding hydrogens is 318 g/mol. The van der Waals surface area contributed by atoms with Gasteiger partial charge in [-0.15, -0.1) is 10.2 Å². The average Bonchev–Trinajstić information content (AvgIpc) is 2.93. The fourth-order valence-electron chi connectivity index (χ4n) is 2.34. The molecule has 136 valence electrons. The monoisotopic (exact) mass is 345 g/mol. The molecule has 0 aliphatic heterocycles. The van der Waals surface area contributed by atoms with Gasteiger partial charge in [-0.05, 0) is 34.1 Å². The third kappa shape index (κ3) is 5.13. The molecule has 0 radical (unpaired) electrons. The number of carbonyl (C=O) groups is 1. The van der Waals surface area contributed by atoms with Gasteiger partial charge in [0, 0.05) is 5.56 Å². The number of hydrogen-bond donors (Lipinski definition) is 2. The summed E-state index contributed by atoms with van der Waals surface area (Å²) in [5.74, 6) is -0.106. The van der Waals surface area contributed by atoms with Crippen LogP contribution in [0.4, 0.5) is 0 Å². The van der Waals surface area contributed by atoms with E-state index in [-0.39, 0.29) is 23.9 Å². The van der Waals surface area contributed by atoms with E-state index >= 15 is 0 Å². The Balaban J connectivity index is 2.35. The minimum absolute atomic E-state index is 0.00189. The molecule has 6 heteroatoms. The van der Waals surface area contributed by atoms with E-state index in [1.807, 2.05) is 0 Å². The second kappa shape index (κ2) is 6.96. The zero-order valence-corrected chi connectivity index (χ0v) is 15.8. The summed E-state index contributed by atoms with van der Waals surface area (Å²) in [7, 11) is 0. The van der Waals surface area contributed by atoms with Crippen molar-refractivity contribution in [3.63, 3.8) is 0 Å². The van der Waals surface area contributed by atoms with E-state index < -0.39 is 5.97 Å². The molecule has 0 fully saturated rings. The molecule has 0 aliphatic rings. The van der Waals surface area contributed by atoms with Gasteiger partial charge >= 0.3 is 5.97 Å². The van der Waals surface area contributed by atoms with Gasteiger partial charge < -0.3 is 9.52 Å². The maximum absolute atomic E-state index is 10.5. The summed E-state index contributed by atoms with van der Waals surface area (Å²) in [6.07, 6.45) is 0. The Kier molecular flexibility index (Phi) is 5.32. The average molecular weight is 345 g/mol. The topological polar surface area (TPSA) is 88.2 Å².